The zero-order valence-electron chi connectivity index (χ0n) is 21.9. The second kappa shape index (κ2) is 9.29. The molecular weight excluding hydrogens is 518 g/mol. The van der Waals surface area contributed by atoms with Crippen LogP contribution in [0.4, 0.5) is 19.4 Å². The highest BCUT2D eigenvalue weighted by Crippen LogP contribution is 2.41. The van der Waals surface area contributed by atoms with Crippen molar-refractivity contribution >= 4 is 34.5 Å². The molecule has 2 aromatic heterocycles. The molecule has 6 rings (SSSR count). The van der Waals surface area contributed by atoms with Crippen LogP contribution in [0.15, 0.2) is 6.07 Å². The molecule has 4 fully saturated rings. The predicted octanol–water partition coefficient (Wildman–Crippen LogP) is 4.36. The summed E-state index contributed by atoms with van der Waals surface area (Å²) in [7, 11) is 0. The van der Waals surface area contributed by atoms with Gasteiger partial charge in [-0.1, -0.05) is 11.6 Å². The van der Waals surface area contributed by atoms with Gasteiger partial charge in [0.15, 0.2) is 16.6 Å². The minimum atomic E-state index is -0.868. The lowest BCUT2D eigenvalue weighted by Gasteiger charge is -2.42. The van der Waals surface area contributed by atoms with Crippen molar-refractivity contribution in [2.45, 2.75) is 82.3 Å². The van der Waals surface area contributed by atoms with Crippen molar-refractivity contribution in [2.75, 3.05) is 37.7 Å². The first-order chi connectivity index (χ1) is 18.0. The summed E-state index contributed by atoms with van der Waals surface area (Å²) >= 11 is 6.00. The van der Waals surface area contributed by atoms with E-state index in [1.165, 1.54) is 6.07 Å². The number of piperazine rings is 1. The summed E-state index contributed by atoms with van der Waals surface area (Å²) in [6, 6.07) is 1.28. The molecule has 0 aliphatic carbocycles. The number of carbonyl (C=O) groups excluding carboxylic acids is 1. The van der Waals surface area contributed by atoms with Gasteiger partial charge in [-0.2, -0.15) is 9.97 Å². The molecule has 4 aliphatic rings. The maximum Gasteiger partial charge on any atom is 0.410 e. The van der Waals surface area contributed by atoms with E-state index in [-0.39, 0.29) is 47.1 Å². The van der Waals surface area contributed by atoms with E-state index in [2.05, 4.69) is 14.9 Å². The van der Waals surface area contributed by atoms with E-state index in [0.29, 0.717) is 37.3 Å². The maximum absolute atomic E-state index is 14.5. The Morgan fingerprint density at radius 1 is 1.18 bits per heavy atom. The first-order valence-electron chi connectivity index (χ1n) is 13.3. The highest BCUT2D eigenvalue weighted by atomic mass is 35.5. The number of halogens is 3. The molecule has 4 atom stereocenters. The van der Waals surface area contributed by atoms with Gasteiger partial charge >= 0.3 is 12.1 Å². The fourth-order valence-electron chi connectivity index (χ4n) is 6.62. The van der Waals surface area contributed by atoms with Crippen molar-refractivity contribution in [2.24, 2.45) is 0 Å². The summed E-state index contributed by atoms with van der Waals surface area (Å²) in [6.07, 6.45) is 2.79. The Hall–Kier alpha value is -2.53. The smallest absolute Gasteiger partial charge is 0.410 e. The summed E-state index contributed by atoms with van der Waals surface area (Å²) in [5.74, 6) is -0.169. The number of anilines is 1. The van der Waals surface area contributed by atoms with Crippen molar-refractivity contribution in [1.29, 1.82) is 0 Å². The van der Waals surface area contributed by atoms with Gasteiger partial charge in [-0.3, -0.25) is 9.80 Å². The Bertz CT molecular complexity index is 1250. The molecule has 206 valence electrons. The van der Waals surface area contributed by atoms with Crippen LogP contribution >= 0.6 is 11.6 Å². The minimum Gasteiger partial charge on any atom is -0.461 e. The zero-order valence-corrected chi connectivity index (χ0v) is 22.7. The first-order valence-corrected chi connectivity index (χ1v) is 13.7. The van der Waals surface area contributed by atoms with Crippen LogP contribution in [0.5, 0.6) is 6.01 Å². The van der Waals surface area contributed by atoms with E-state index < -0.39 is 17.6 Å². The Balaban J connectivity index is 1.29. The predicted molar refractivity (Wildman–Crippen MR) is 138 cm³/mol. The molecule has 9 nitrogen and oxygen atoms in total. The molecule has 2 bridgehead atoms. The molecular formula is C26H33ClF2N6O3. The Morgan fingerprint density at radius 2 is 1.92 bits per heavy atom. The van der Waals surface area contributed by atoms with E-state index >= 15 is 0 Å². The number of fused-ring (bicyclic) bond motifs is 4. The molecule has 0 radical (unpaired) electrons. The summed E-state index contributed by atoms with van der Waals surface area (Å²) in [5, 5.41) is 0.147. The van der Waals surface area contributed by atoms with Crippen LogP contribution < -0.4 is 9.64 Å². The normalized spacial score (nSPS) is 29.3. The summed E-state index contributed by atoms with van der Waals surface area (Å²) in [6.45, 7) is 8.13. The van der Waals surface area contributed by atoms with Gasteiger partial charge in [0.25, 0.3) is 0 Å². The third kappa shape index (κ3) is 4.61. The fourth-order valence-corrected chi connectivity index (χ4v) is 6.75. The highest BCUT2D eigenvalue weighted by molar-refractivity contribution is 6.30. The van der Waals surface area contributed by atoms with Gasteiger partial charge in [0.1, 0.15) is 24.2 Å². The number of pyridine rings is 1. The second-order valence-electron chi connectivity index (χ2n) is 12.0. The molecule has 4 aliphatic heterocycles. The minimum absolute atomic E-state index is 0.0611. The zero-order chi connectivity index (χ0) is 26.8. The standard InChI is InChI=1S/C26H33ClF2N6O3/c1-25(2,3)38-24(36)35-16-5-6-17(35)13-33(12-16)22-18-9-19(29)20(27)30-21(18)31-23(32-22)37-14-26-7-4-8-34(26)11-15(28)10-26/h9,15-17H,4-8,10-14H2,1-3H3/t15-,16-,17+,26+/m1/s1. The molecule has 38 heavy (non-hydrogen) atoms. The van der Waals surface area contributed by atoms with Crippen molar-refractivity contribution in [3.63, 3.8) is 0 Å². The van der Waals surface area contributed by atoms with Crippen molar-refractivity contribution in [3.8, 4) is 6.01 Å². The van der Waals surface area contributed by atoms with Gasteiger partial charge in [0.2, 0.25) is 0 Å². The number of nitrogens with zero attached hydrogens (tertiary/aromatic N) is 6. The number of rotatable bonds is 4. The van der Waals surface area contributed by atoms with Gasteiger partial charge in [0, 0.05) is 26.1 Å². The summed E-state index contributed by atoms with van der Waals surface area (Å²) < 4.78 is 40.5. The average Bonchev–Trinajstić information content (AvgIpc) is 3.44. The molecule has 4 saturated heterocycles. The molecule has 0 N–H and O–H groups in total. The van der Waals surface area contributed by atoms with Gasteiger partial charge in [-0.05, 0) is 59.1 Å². The van der Waals surface area contributed by atoms with Crippen molar-refractivity contribution < 1.29 is 23.0 Å². The Labute approximate surface area is 225 Å². The monoisotopic (exact) mass is 550 g/mol. The van der Waals surface area contributed by atoms with Crippen LogP contribution in [0, 0.1) is 5.82 Å². The topological polar surface area (TPSA) is 83.9 Å². The number of carbonyl (C=O) groups is 1. The maximum atomic E-state index is 14.5. The van der Waals surface area contributed by atoms with Crippen LogP contribution in [0.2, 0.25) is 5.15 Å². The number of ether oxygens (including phenoxy) is 2. The third-order valence-corrected chi connectivity index (χ3v) is 8.44. The fraction of sp³-hybridized carbons (Fsp3) is 0.692. The summed E-state index contributed by atoms with van der Waals surface area (Å²) in [4.78, 5) is 32.3. The lowest BCUT2D eigenvalue weighted by molar-refractivity contribution is 0.0122. The SMILES string of the molecule is CC(C)(C)OC(=O)N1[C@@H]2CC[C@H]1CN(c1nc(OC[C@@]34CCCN3C[C@H](F)C4)nc3nc(Cl)c(F)cc13)C2. The largest absolute Gasteiger partial charge is 0.461 e. The van der Waals surface area contributed by atoms with Crippen LogP contribution in [-0.2, 0) is 4.74 Å². The lowest BCUT2D eigenvalue weighted by atomic mass is 9.95. The van der Waals surface area contributed by atoms with E-state index in [1.807, 2.05) is 30.6 Å². The lowest BCUT2D eigenvalue weighted by Crippen LogP contribution is -2.57. The second-order valence-corrected chi connectivity index (χ2v) is 12.4. The Kier molecular flexibility index (Phi) is 6.29. The number of aromatic nitrogens is 3. The Morgan fingerprint density at radius 3 is 2.63 bits per heavy atom. The molecule has 0 aromatic carbocycles. The number of hydrogen-bond acceptors (Lipinski definition) is 8. The molecule has 0 spiro atoms. The summed E-state index contributed by atoms with van der Waals surface area (Å²) in [5.41, 5.74) is -0.709. The van der Waals surface area contributed by atoms with Crippen LogP contribution in [0.25, 0.3) is 11.0 Å². The van der Waals surface area contributed by atoms with E-state index in [0.717, 1.165) is 32.2 Å². The van der Waals surface area contributed by atoms with E-state index in [1.54, 1.807) is 0 Å². The molecule has 0 saturated carbocycles. The highest BCUT2D eigenvalue weighted by Gasteiger charge is 2.49. The van der Waals surface area contributed by atoms with Crippen molar-refractivity contribution in [3.05, 3.63) is 17.0 Å². The van der Waals surface area contributed by atoms with Crippen LogP contribution in [0.1, 0.15) is 52.9 Å². The van der Waals surface area contributed by atoms with Gasteiger partial charge in [-0.25, -0.2) is 18.6 Å². The van der Waals surface area contributed by atoms with Crippen molar-refractivity contribution in [1.82, 2.24) is 24.8 Å². The average molecular weight is 551 g/mol. The van der Waals surface area contributed by atoms with Gasteiger partial charge in [0.05, 0.1) is 23.0 Å². The molecule has 0 unspecified atom stereocenters. The van der Waals surface area contributed by atoms with E-state index in [9.17, 15) is 13.6 Å². The van der Waals surface area contributed by atoms with Crippen LogP contribution in [0.3, 0.4) is 0 Å². The van der Waals surface area contributed by atoms with Crippen LogP contribution in [-0.4, -0.2) is 93.0 Å². The van der Waals surface area contributed by atoms with Gasteiger partial charge in [-0.15, -0.1) is 0 Å². The molecule has 12 heteroatoms. The number of hydrogen-bond donors (Lipinski definition) is 0. The number of alkyl halides is 1. The molecule has 2 aromatic rings. The molecule has 1 amide bonds. The quantitative estimate of drug-likeness (QED) is 0.519. The van der Waals surface area contributed by atoms with Gasteiger partial charge < -0.3 is 14.4 Å². The molecule has 6 heterocycles. The van der Waals surface area contributed by atoms with E-state index in [4.69, 9.17) is 26.1 Å². The first kappa shape index (κ1) is 25.7. The third-order valence-electron chi connectivity index (χ3n) is 8.17. The number of amides is 1.